The van der Waals surface area contributed by atoms with Gasteiger partial charge >= 0.3 is 0 Å². The Kier molecular flexibility index (Phi) is 3.96. The van der Waals surface area contributed by atoms with Crippen LogP contribution in [0.1, 0.15) is 19.3 Å². The zero-order valence-corrected chi connectivity index (χ0v) is 10.2. The Morgan fingerprint density at radius 2 is 2.38 bits per heavy atom. The number of ether oxygens (including phenoxy) is 1. The van der Waals surface area contributed by atoms with Crippen molar-refractivity contribution < 1.29 is 4.74 Å². The quantitative estimate of drug-likeness (QED) is 0.760. The van der Waals surface area contributed by atoms with E-state index in [0.29, 0.717) is 11.2 Å². The summed E-state index contributed by atoms with van der Waals surface area (Å²) >= 11 is 5.88. The predicted octanol–water partition coefficient (Wildman–Crippen LogP) is 2.14. The maximum Gasteiger partial charge on any atom is 0.134 e. The first kappa shape index (κ1) is 11.6. The fraction of sp³-hybridized carbons (Fsp3) is 0.636. The Balaban J connectivity index is 2.16. The van der Waals surface area contributed by atoms with Gasteiger partial charge in [0, 0.05) is 19.7 Å². The van der Waals surface area contributed by atoms with Crippen LogP contribution in [-0.4, -0.2) is 36.3 Å². The van der Waals surface area contributed by atoms with Gasteiger partial charge in [-0.25, -0.2) is 9.97 Å². The van der Waals surface area contributed by atoms with Gasteiger partial charge in [-0.1, -0.05) is 11.6 Å². The fourth-order valence-corrected chi connectivity index (χ4v) is 2.29. The largest absolute Gasteiger partial charge is 0.383 e. The highest BCUT2D eigenvalue weighted by Gasteiger charge is 2.23. The molecule has 0 saturated carbocycles. The fourth-order valence-electron chi connectivity index (χ4n) is 2.15. The lowest BCUT2D eigenvalue weighted by molar-refractivity contribution is 0.166. The van der Waals surface area contributed by atoms with Crippen molar-refractivity contribution in [2.45, 2.75) is 25.3 Å². The minimum Gasteiger partial charge on any atom is -0.383 e. The summed E-state index contributed by atoms with van der Waals surface area (Å²) in [5.74, 6) is 0.904. The molecule has 1 fully saturated rings. The number of hydrogen-bond acceptors (Lipinski definition) is 4. The van der Waals surface area contributed by atoms with Gasteiger partial charge in [0.15, 0.2) is 0 Å². The lowest BCUT2D eigenvalue weighted by Crippen LogP contribution is -2.42. The van der Waals surface area contributed by atoms with E-state index in [1.807, 2.05) is 6.07 Å². The van der Waals surface area contributed by atoms with Gasteiger partial charge in [-0.3, -0.25) is 0 Å². The van der Waals surface area contributed by atoms with Crippen LogP contribution < -0.4 is 4.90 Å². The average molecular weight is 242 g/mol. The molecule has 0 N–H and O–H groups in total. The first-order valence-electron chi connectivity index (χ1n) is 5.54. The normalized spacial score (nSPS) is 21.1. The summed E-state index contributed by atoms with van der Waals surface area (Å²) < 4.78 is 5.25. The van der Waals surface area contributed by atoms with Gasteiger partial charge in [0.25, 0.3) is 0 Å². The summed E-state index contributed by atoms with van der Waals surface area (Å²) in [6.07, 6.45) is 5.11. The number of methoxy groups -OCH3 is 1. The van der Waals surface area contributed by atoms with Crippen LogP contribution in [-0.2, 0) is 4.74 Å². The number of aromatic nitrogens is 2. The van der Waals surface area contributed by atoms with Gasteiger partial charge in [0.1, 0.15) is 17.3 Å². The first-order chi connectivity index (χ1) is 7.81. The maximum absolute atomic E-state index is 5.88. The standard InChI is InChI=1S/C11H16ClN3O/c1-16-7-9-4-2-3-5-15(9)11-6-10(12)13-8-14-11/h6,8-9H,2-5,7H2,1H3. The molecule has 1 aromatic rings. The minimum absolute atomic E-state index is 0.407. The van der Waals surface area contributed by atoms with Gasteiger partial charge in [-0.15, -0.1) is 0 Å². The second-order valence-electron chi connectivity index (χ2n) is 4.00. The van der Waals surface area contributed by atoms with Crippen molar-refractivity contribution >= 4 is 17.4 Å². The van der Waals surface area contributed by atoms with E-state index in [-0.39, 0.29) is 0 Å². The zero-order valence-electron chi connectivity index (χ0n) is 9.40. The highest BCUT2D eigenvalue weighted by molar-refractivity contribution is 6.29. The summed E-state index contributed by atoms with van der Waals surface area (Å²) in [6, 6.07) is 2.22. The molecular weight excluding hydrogens is 226 g/mol. The van der Waals surface area contributed by atoms with Crippen molar-refractivity contribution in [3.63, 3.8) is 0 Å². The van der Waals surface area contributed by atoms with E-state index in [0.717, 1.165) is 25.4 Å². The molecule has 1 atom stereocenters. The minimum atomic E-state index is 0.407. The van der Waals surface area contributed by atoms with E-state index < -0.39 is 0 Å². The number of hydrogen-bond donors (Lipinski definition) is 0. The van der Waals surface area contributed by atoms with E-state index in [4.69, 9.17) is 16.3 Å². The monoisotopic (exact) mass is 241 g/mol. The van der Waals surface area contributed by atoms with Crippen molar-refractivity contribution in [2.24, 2.45) is 0 Å². The van der Waals surface area contributed by atoms with E-state index in [1.165, 1.54) is 19.2 Å². The zero-order chi connectivity index (χ0) is 11.4. The molecule has 1 saturated heterocycles. The number of piperidine rings is 1. The van der Waals surface area contributed by atoms with Gasteiger partial charge < -0.3 is 9.64 Å². The van der Waals surface area contributed by atoms with Crippen LogP contribution in [0.2, 0.25) is 5.15 Å². The lowest BCUT2D eigenvalue weighted by atomic mass is 10.0. The highest BCUT2D eigenvalue weighted by Crippen LogP contribution is 2.24. The van der Waals surface area contributed by atoms with Crippen LogP contribution in [0.5, 0.6) is 0 Å². The molecule has 0 bridgehead atoms. The average Bonchev–Trinajstić information content (AvgIpc) is 2.30. The van der Waals surface area contributed by atoms with Crippen molar-refractivity contribution in [1.82, 2.24) is 9.97 Å². The molecule has 0 amide bonds. The summed E-state index contributed by atoms with van der Waals surface area (Å²) in [5.41, 5.74) is 0. The molecule has 2 rings (SSSR count). The first-order valence-corrected chi connectivity index (χ1v) is 5.92. The number of anilines is 1. The number of rotatable bonds is 3. The van der Waals surface area contributed by atoms with E-state index >= 15 is 0 Å². The molecule has 1 aliphatic rings. The molecule has 5 heteroatoms. The summed E-state index contributed by atoms with van der Waals surface area (Å²) in [4.78, 5) is 10.4. The molecule has 16 heavy (non-hydrogen) atoms. The Labute approximate surface area is 101 Å². The SMILES string of the molecule is COCC1CCCCN1c1cc(Cl)ncn1. The topological polar surface area (TPSA) is 38.2 Å². The Morgan fingerprint density at radius 1 is 1.50 bits per heavy atom. The van der Waals surface area contributed by atoms with E-state index in [1.54, 1.807) is 7.11 Å². The highest BCUT2D eigenvalue weighted by atomic mass is 35.5. The number of halogens is 1. The molecule has 1 aromatic heterocycles. The van der Waals surface area contributed by atoms with Crippen LogP contribution in [0.15, 0.2) is 12.4 Å². The molecule has 4 nitrogen and oxygen atoms in total. The van der Waals surface area contributed by atoms with E-state index in [9.17, 15) is 0 Å². The van der Waals surface area contributed by atoms with Crippen LogP contribution in [0.3, 0.4) is 0 Å². The predicted molar refractivity (Wildman–Crippen MR) is 63.9 cm³/mol. The molecule has 0 aliphatic carbocycles. The van der Waals surface area contributed by atoms with E-state index in [2.05, 4.69) is 14.9 Å². The summed E-state index contributed by atoms with van der Waals surface area (Å²) in [6.45, 7) is 1.75. The lowest BCUT2D eigenvalue weighted by Gasteiger charge is -2.36. The summed E-state index contributed by atoms with van der Waals surface area (Å²) in [7, 11) is 1.74. The molecule has 0 aromatic carbocycles. The second kappa shape index (κ2) is 5.46. The summed E-state index contributed by atoms with van der Waals surface area (Å²) in [5, 5.41) is 0.492. The molecule has 1 aliphatic heterocycles. The van der Waals surface area contributed by atoms with Gasteiger partial charge in [-0.2, -0.15) is 0 Å². The van der Waals surface area contributed by atoms with Gasteiger partial charge in [-0.05, 0) is 19.3 Å². The molecule has 88 valence electrons. The van der Waals surface area contributed by atoms with Crippen molar-refractivity contribution in [3.8, 4) is 0 Å². The third-order valence-corrected chi connectivity index (χ3v) is 3.11. The Bertz CT molecular complexity index is 346. The van der Waals surface area contributed by atoms with Crippen molar-refractivity contribution in [2.75, 3.05) is 25.2 Å². The van der Waals surface area contributed by atoms with Gasteiger partial charge in [0.05, 0.1) is 12.6 Å². The Hall–Kier alpha value is -0.870. The smallest absolute Gasteiger partial charge is 0.134 e. The molecule has 1 unspecified atom stereocenters. The van der Waals surface area contributed by atoms with Crippen molar-refractivity contribution in [3.05, 3.63) is 17.5 Å². The van der Waals surface area contributed by atoms with Crippen LogP contribution in [0.25, 0.3) is 0 Å². The Morgan fingerprint density at radius 3 is 3.12 bits per heavy atom. The van der Waals surface area contributed by atoms with Crippen molar-refractivity contribution in [1.29, 1.82) is 0 Å². The third kappa shape index (κ3) is 2.62. The third-order valence-electron chi connectivity index (χ3n) is 2.90. The van der Waals surface area contributed by atoms with Crippen LogP contribution in [0, 0.1) is 0 Å². The molecule has 0 radical (unpaired) electrons. The molecule has 2 heterocycles. The maximum atomic E-state index is 5.88. The number of nitrogens with zero attached hydrogens (tertiary/aromatic N) is 3. The van der Waals surface area contributed by atoms with Gasteiger partial charge in [0.2, 0.25) is 0 Å². The van der Waals surface area contributed by atoms with Crippen LogP contribution in [0.4, 0.5) is 5.82 Å². The molecular formula is C11H16ClN3O. The van der Waals surface area contributed by atoms with Crippen LogP contribution >= 0.6 is 11.6 Å². The second-order valence-corrected chi connectivity index (χ2v) is 4.38. The molecule has 0 spiro atoms.